The van der Waals surface area contributed by atoms with E-state index in [4.69, 9.17) is 9.47 Å². The van der Waals surface area contributed by atoms with E-state index in [9.17, 15) is 14.7 Å². The lowest BCUT2D eigenvalue weighted by Gasteiger charge is -2.15. The van der Waals surface area contributed by atoms with E-state index in [1.807, 2.05) is 0 Å². The van der Waals surface area contributed by atoms with Gasteiger partial charge in [0.1, 0.15) is 6.61 Å². The van der Waals surface area contributed by atoms with E-state index in [-0.39, 0.29) is 25.2 Å². The Morgan fingerprint density at radius 2 is 0.952 bits per heavy atom. The van der Waals surface area contributed by atoms with Crippen LogP contribution in [0, 0.1) is 0 Å². The van der Waals surface area contributed by atoms with Crippen LogP contribution in [0.3, 0.4) is 0 Å². The molecule has 5 heteroatoms. The van der Waals surface area contributed by atoms with Gasteiger partial charge in [0.2, 0.25) is 0 Å². The zero-order valence-electron chi connectivity index (χ0n) is 27.2. The fraction of sp³-hybridized carbons (Fsp3) is 0.730. The van der Waals surface area contributed by atoms with Gasteiger partial charge in [0.25, 0.3) is 0 Å². The van der Waals surface area contributed by atoms with E-state index in [0.29, 0.717) is 12.8 Å². The van der Waals surface area contributed by atoms with Crippen molar-refractivity contribution in [3.05, 3.63) is 48.6 Å². The molecule has 1 N–H and O–H groups in total. The Labute approximate surface area is 258 Å². The van der Waals surface area contributed by atoms with Crippen LogP contribution in [0.15, 0.2) is 48.6 Å². The van der Waals surface area contributed by atoms with E-state index in [2.05, 4.69) is 62.5 Å². The van der Waals surface area contributed by atoms with Gasteiger partial charge in [0.15, 0.2) is 6.10 Å². The lowest BCUT2D eigenvalue weighted by Crippen LogP contribution is -2.28. The number of hydrogen-bond donors (Lipinski definition) is 1. The third-order valence-corrected chi connectivity index (χ3v) is 7.10. The molecule has 0 saturated heterocycles. The number of aliphatic hydroxyl groups excluding tert-OH is 1. The van der Waals surface area contributed by atoms with Crippen LogP contribution >= 0.6 is 0 Å². The van der Waals surface area contributed by atoms with Gasteiger partial charge in [-0.05, 0) is 77.0 Å². The van der Waals surface area contributed by atoms with Crippen LogP contribution in [0.4, 0.5) is 0 Å². The van der Waals surface area contributed by atoms with Gasteiger partial charge >= 0.3 is 11.9 Å². The molecule has 0 rings (SSSR count). The largest absolute Gasteiger partial charge is 0.462 e. The fourth-order valence-corrected chi connectivity index (χ4v) is 4.43. The molecule has 0 aromatic carbocycles. The highest BCUT2D eigenvalue weighted by molar-refractivity contribution is 5.70. The molecule has 0 saturated carbocycles. The number of rotatable bonds is 30. The lowest BCUT2D eigenvalue weighted by atomic mass is 10.1. The molecule has 0 unspecified atom stereocenters. The molecule has 0 aromatic rings. The number of hydrogen-bond acceptors (Lipinski definition) is 5. The quantitative estimate of drug-likeness (QED) is 0.0513. The van der Waals surface area contributed by atoms with Crippen molar-refractivity contribution in [2.75, 3.05) is 13.2 Å². The highest BCUT2D eigenvalue weighted by atomic mass is 16.6. The Balaban J connectivity index is 3.69. The number of aliphatic hydroxyl groups is 1. The van der Waals surface area contributed by atoms with Crippen LogP contribution in [-0.4, -0.2) is 36.4 Å². The third-order valence-electron chi connectivity index (χ3n) is 7.10. The van der Waals surface area contributed by atoms with Crippen molar-refractivity contribution in [2.24, 2.45) is 0 Å². The molecule has 0 fully saturated rings. The number of esters is 2. The van der Waals surface area contributed by atoms with Gasteiger partial charge in [-0.15, -0.1) is 0 Å². The smallest absolute Gasteiger partial charge is 0.306 e. The zero-order valence-corrected chi connectivity index (χ0v) is 27.2. The van der Waals surface area contributed by atoms with Crippen molar-refractivity contribution in [3.63, 3.8) is 0 Å². The van der Waals surface area contributed by atoms with Crippen molar-refractivity contribution in [3.8, 4) is 0 Å². The van der Waals surface area contributed by atoms with E-state index in [1.165, 1.54) is 70.6 Å². The topological polar surface area (TPSA) is 72.8 Å². The van der Waals surface area contributed by atoms with Crippen molar-refractivity contribution in [1.29, 1.82) is 0 Å². The molecular formula is C37H64O5. The summed E-state index contributed by atoms with van der Waals surface area (Å²) in [6.07, 6.45) is 40.2. The highest BCUT2D eigenvalue weighted by Crippen LogP contribution is 2.10. The van der Waals surface area contributed by atoms with Gasteiger partial charge < -0.3 is 14.6 Å². The summed E-state index contributed by atoms with van der Waals surface area (Å²) >= 11 is 0. The first-order valence-corrected chi connectivity index (χ1v) is 17.2. The molecule has 0 heterocycles. The number of allylic oxidation sites excluding steroid dienone is 8. The molecule has 0 aliphatic heterocycles. The monoisotopic (exact) mass is 588 g/mol. The van der Waals surface area contributed by atoms with Gasteiger partial charge in [-0.2, -0.15) is 0 Å². The summed E-state index contributed by atoms with van der Waals surface area (Å²) in [4.78, 5) is 24.1. The molecule has 0 radical (unpaired) electrons. The second kappa shape index (κ2) is 33.4. The van der Waals surface area contributed by atoms with Crippen molar-refractivity contribution in [1.82, 2.24) is 0 Å². The number of ether oxygens (including phenoxy) is 2. The van der Waals surface area contributed by atoms with Gasteiger partial charge in [-0.3, -0.25) is 9.59 Å². The Morgan fingerprint density at radius 1 is 0.548 bits per heavy atom. The molecule has 1 atom stereocenters. The van der Waals surface area contributed by atoms with Gasteiger partial charge in [0.05, 0.1) is 6.61 Å². The molecule has 5 nitrogen and oxygen atoms in total. The maximum atomic E-state index is 12.1. The minimum atomic E-state index is -0.789. The van der Waals surface area contributed by atoms with Crippen LogP contribution in [-0.2, 0) is 19.1 Å². The SMILES string of the molecule is CCCCC/C=C\C/C=C\C/C=C\CCCCC(=O)OC[C@H](CO)OC(=O)CCCCCCC/C=C\CCCCCC. The Bertz CT molecular complexity index is 722. The van der Waals surface area contributed by atoms with E-state index in [1.54, 1.807) is 0 Å². The van der Waals surface area contributed by atoms with Crippen molar-refractivity contribution in [2.45, 2.75) is 161 Å². The first-order valence-electron chi connectivity index (χ1n) is 17.2. The first kappa shape index (κ1) is 39.9. The second-order valence-electron chi connectivity index (χ2n) is 11.2. The number of carbonyl (C=O) groups excluding carboxylic acids is 2. The molecule has 0 aromatic heterocycles. The number of carbonyl (C=O) groups is 2. The summed E-state index contributed by atoms with van der Waals surface area (Å²) in [6.45, 7) is 4.03. The normalized spacial score (nSPS) is 12.7. The standard InChI is InChI=1S/C37H64O5/c1-3-5-7-9-11-13-15-17-18-20-21-23-25-27-29-31-36(39)41-34-35(33-38)42-37(40)32-30-28-26-24-22-19-16-14-12-10-8-6-4-2/h11,13-14,16-18,21,23,35,38H,3-10,12,15,19-20,22,24-34H2,1-2H3/b13-11-,16-14-,18-17-,23-21-/t35-/m0/s1. The van der Waals surface area contributed by atoms with Crippen LogP contribution < -0.4 is 0 Å². The molecule has 0 aliphatic carbocycles. The molecular weight excluding hydrogens is 524 g/mol. The highest BCUT2D eigenvalue weighted by Gasteiger charge is 2.16. The Morgan fingerprint density at radius 3 is 1.55 bits per heavy atom. The minimum Gasteiger partial charge on any atom is -0.462 e. The Kier molecular flexibility index (Phi) is 31.7. The van der Waals surface area contributed by atoms with Gasteiger partial charge in [0, 0.05) is 12.8 Å². The molecule has 42 heavy (non-hydrogen) atoms. The van der Waals surface area contributed by atoms with E-state index < -0.39 is 6.10 Å². The summed E-state index contributed by atoms with van der Waals surface area (Å²) in [5.41, 5.74) is 0. The predicted octanol–water partition coefficient (Wildman–Crippen LogP) is 10.3. The second-order valence-corrected chi connectivity index (χ2v) is 11.2. The summed E-state index contributed by atoms with van der Waals surface area (Å²) in [7, 11) is 0. The lowest BCUT2D eigenvalue weighted by molar-refractivity contribution is -0.161. The average molecular weight is 589 g/mol. The van der Waals surface area contributed by atoms with E-state index in [0.717, 1.165) is 57.8 Å². The summed E-state index contributed by atoms with van der Waals surface area (Å²) in [6, 6.07) is 0. The van der Waals surface area contributed by atoms with Gasteiger partial charge in [-0.25, -0.2) is 0 Å². The zero-order chi connectivity index (χ0) is 30.8. The maximum Gasteiger partial charge on any atom is 0.306 e. The first-order chi connectivity index (χ1) is 20.6. The van der Waals surface area contributed by atoms with Crippen molar-refractivity contribution >= 4 is 11.9 Å². The third kappa shape index (κ3) is 30.8. The molecule has 0 bridgehead atoms. The summed E-state index contributed by atoms with van der Waals surface area (Å²) in [5, 5.41) is 9.50. The van der Waals surface area contributed by atoms with Gasteiger partial charge in [-0.1, -0.05) is 114 Å². The summed E-state index contributed by atoms with van der Waals surface area (Å²) in [5.74, 6) is -0.651. The molecule has 0 spiro atoms. The molecule has 0 amide bonds. The van der Waals surface area contributed by atoms with Crippen LogP contribution in [0.5, 0.6) is 0 Å². The summed E-state index contributed by atoms with van der Waals surface area (Å²) < 4.78 is 10.5. The van der Waals surface area contributed by atoms with Crippen molar-refractivity contribution < 1.29 is 24.2 Å². The van der Waals surface area contributed by atoms with Crippen LogP contribution in [0.25, 0.3) is 0 Å². The van der Waals surface area contributed by atoms with Crippen LogP contribution in [0.1, 0.15) is 155 Å². The van der Waals surface area contributed by atoms with Crippen LogP contribution in [0.2, 0.25) is 0 Å². The maximum absolute atomic E-state index is 12.1. The molecule has 0 aliphatic rings. The van der Waals surface area contributed by atoms with E-state index >= 15 is 0 Å². The fourth-order valence-electron chi connectivity index (χ4n) is 4.43. The average Bonchev–Trinajstić information content (AvgIpc) is 2.99. The Hall–Kier alpha value is -2.14. The molecule has 242 valence electrons. The predicted molar refractivity (Wildman–Crippen MR) is 177 cm³/mol. The minimum absolute atomic E-state index is 0.0899. The number of unbranched alkanes of at least 4 members (excludes halogenated alkanes) is 14.